The Morgan fingerprint density at radius 2 is 2.00 bits per heavy atom. The van der Waals surface area contributed by atoms with Crippen LogP contribution in [-0.4, -0.2) is 24.8 Å². The molecule has 2 nitrogen and oxygen atoms in total. The number of ether oxygens (including phenoxy) is 1. The number of morpholine rings is 1. The van der Waals surface area contributed by atoms with E-state index in [9.17, 15) is 0 Å². The molecule has 0 aromatic rings. The van der Waals surface area contributed by atoms with Crippen LogP contribution >= 0.6 is 0 Å². The number of rotatable bonds is 2. The lowest BCUT2D eigenvalue weighted by Crippen LogP contribution is -2.57. The Balaban J connectivity index is 2.08. The Kier molecular flexibility index (Phi) is 4.14. The maximum Gasteiger partial charge on any atom is 0.0835 e. The Morgan fingerprint density at radius 3 is 2.76 bits per heavy atom. The maximum atomic E-state index is 6.28. The van der Waals surface area contributed by atoms with Crippen molar-refractivity contribution in [3.05, 3.63) is 0 Å². The van der Waals surface area contributed by atoms with E-state index in [1.54, 1.807) is 0 Å². The average molecular weight is 239 g/mol. The molecular weight excluding hydrogens is 210 g/mol. The van der Waals surface area contributed by atoms with E-state index in [1.165, 1.54) is 44.9 Å². The lowest BCUT2D eigenvalue weighted by atomic mass is 9.80. The quantitative estimate of drug-likeness (QED) is 0.796. The second-order valence-corrected chi connectivity index (χ2v) is 6.73. The van der Waals surface area contributed by atoms with Gasteiger partial charge in [0.2, 0.25) is 0 Å². The van der Waals surface area contributed by atoms with Crippen LogP contribution in [0.15, 0.2) is 0 Å². The van der Waals surface area contributed by atoms with Gasteiger partial charge in [0, 0.05) is 12.6 Å². The molecule has 0 aromatic heterocycles. The molecule has 2 atom stereocenters. The van der Waals surface area contributed by atoms with Crippen molar-refractivity contribution in [2.75, 3.05) is 13.2 Å². The van der Waals surface area contributed by atoms with Gasteiger partial charge in [-0.25, -0.2) is 0 Å². The molecule has 0 aromatic carbocycles. The van der Waals surface area contributed by atoms with Gasteiger partial charge >= 0.3 is 0 Å². The van der Waals surface area contributed by atoms with Gasteiger partial charge in [0.25, 0.3) is 0 Å². The van der Waals surface area contributed by atoms with E-state index in [0.717, 1.165) is 13.2 Å². The molecular formula is C15H29NO. The Hall–Kier alpha value is -0.0800. The molecule has 1 N–H and O–H groups in total. The van der Waals surface area contributed by atoms with Gasteiger partial charge < -0.3 is 10.1 Å². The van der Waals surface area contributed by atoms with Gasteiger partial charge in [-0.1, -0.05) is 27.2 Å². The minimum absolute atomic E-state index is 0.155. The van der Waals surface area contributed by atoms with Gasteiger partial charge in [0.1, 0.15) is 0 Å². The molecule has 1 spiro atoms. The van der Waals surface area contributed by atoms with Crippen LogP contribution in [0.5, 0.6) is 0 Å². The fourth-order valence-corrected chi connectivity index (χ4v) is 3.59. The Labute approximate surface area is 107 Å². The summed E-state index contributed by atoms with van der Waals surface area (Å²) in [5.74, 6) is 0. The zero-order chi connectivity index (χ0) is 12.4. The topological polar surface area (TPSA) is 21.3 Å². The molecule has 1 aliphatic carbocycles. The highest BCUT2D eigenvalue weighted by molar-refractivity contribution is 4.98. The first kappa shape index (κ1) is 13.4. The molecule has 1 saturated heterocycles. The summed E-state index contributed by atoms with van der Waals surface area (Å²) in [6.07, 6.45) is 9.03. The second kappa shape index (κ2) is 5.27. The highest BCUT2D eigenvalue weighted by atomic mass is 16.5. The third-order valence-corrected chi connectivity index (χ3v) is 4.77. The van der Waals surface area contributed by atoms with Crippen LogP contribution in [0, 0.1) is 5.41 Å². The van der Waals surface area contributed by atoms with Crippen molar-refractivity contribution in [1.29, 1.82) is 0 Å². The zero-order valence-electron chi connectivity index (χ0n) is 11.8. The molecule has 1 saturated carbocycles. The number of hydrogen-bond donors (Lipinski definition) is 1. The molecule has 2 rings (SSSR count). The van der Waals surface area contributed by atoms with Gasteiger partial charge in [0.05, 0.1) is 12.2 Å². The summed E-state index contributed by atoms with van der Waals surface area (Å²) < 4.78 is 6.28. The third kappa shape index (κ3) is 3.03. The first-order valence-electron chi connectivity index (χ1n) is 7.45. The summed E-state index contributed by atoms with van der Waals surface area (Å²) in [4.78, 5) is 0. The summed E-state index contributed by atoms with van der Waals surface area (Å²) in [6.45, 7) is 9.05. The van der Waals surface area contributed by atoms with E-state index < -0.39 is 0 Å². The van der Waals surface area contributed by atoms with E-state index in [2.05, 4.69) is 26.1 Å². The molecule has 100 valence electrons. The van der Waals surface area contributed by atoms with E-state index in [1.807, 2.05) is 0 Å². The van der Waals surface area contributed by atoms with E-state index in [4.69, 9.17) is 4.74 Å². The predicted molar refractivity (Wildman–Crippen MR) is 72.2 cm³/mol. The molecule has 17 heavy (non-hydrogen) atoms. The van der Waals surface area contributed by atoms with Crippen LogP contribution < -0.4 is 5.32 Å². The van der Waals surface area contributed by atoms with Crippen LogP contribution in [0.4, 0.5) is 0 Å². The van der Waals surface area contributed by atoms with Gasteiger partial charge in [0.15, 0.2) is 0 Å². The fourth-order valence-electron chi connectivity index (χ4n) is 3.59. The molecule has 0 bridgehead atoms. The van der Waals surface area contributed by atoms with Gasteiger partial charge in [-0.15, -0.1) is 0 Å². The van der Waals surface area contributed by atoms with Crippen molar-refractivity contribution >= 4 is 0 Å². The minimum atomic E-state index is 0.155. The molecule has 1 heterocycles. The Morgan fingerprint density at radius 1 is 1.18 bits per heavy atom. The van der Waals surface area contributed by atoms with Crippen LogP contribution in [-0.2, 0) is 4.74 Å². The summed E-state index contributed by atoms with van der Waals surface area (Å²) in [5.41, 5.74) is 0.670. The molecule has 1 aliphatic heterocycles. The van der Waals surface area contributed by atoms with Gasteiger partial charge in [-0.2, -0.15) is 0 Å². The SMILES string of the molecule is CCCC1NCCOC12CCCC(C)(C)CC2. The first-order chi connectivity index (χ1) is 8.08. The second-order valence-electron chi connectivity index (χ2n) is 6.73. The highest BCUT2D eigenvalue weighted by Crippen LogP contribution is 2.42. The van der Waals surface area contributed by atoms with Crippen LogP contribution in [0.3, 0.4) is 0 Å². The molecule has 2 aliphatic rings. The summed E-state index contributed by atoms with van der Waals surface area (Å²) in [7, 11) is 0. The van der Waals surface area contributed by atoms with E-state index >= 15 is 0 Å². The van der Waals surface area contributed by atoms with E-state index in [-0.39, 0.29) is 5.60 Å². The van der Waals surface area contributed by atoms with E-state index in [0.29, 0.717) is 11.5 Å². The normalized spacial score (nSPS) is 37.9. The largest absolute Gasteiger partial charge is 0.372 e. The van der Waals surface area contributed by atoms with Crippen molar-refractivity contribution in [3.8, 4) is 0 Å². The van der Waals surface area contributed by atoms with Crippen LogP contribution in [0.1, 0.15) is 65.7 Å². The first-order valence-corrected chi connectivity index (χ1v) is 7.45. The predicted octanol–water partition coefficient (Wildman–Crippen LogP) is 3.50. The summed E-state index contributed by atoms with van der Waals surface area (Å²) in [5, 5.41) is 3.71. The zero-order valence-corrected chi connectivity index (χ0v) is 11.8. The smallest absolute Gasteiger partial charge is 0.0835 e. The maximum absolute atomic E-state index is 6.28. The highest BCUT2D eigenvalue weighted by Gasteiger charge is 2.43. The van der Waals surface area contributed by atoms with Crippen molar-refractivity contribution in [2.45, 2.75) is 77.4 Å². The monoisotopic (exact) mass is 239 g/mol. The van der Waals surface area contributed by atoms with Crippen molar-refractivity contribution in [3.63, 3.8) is 0 Å². The Bertz CT molecular complexity index is 249. The molecule has 2 unspecified atom stereocenters. The summed E-state index contributed by atoms with van der Waals surface area (Å²) >= 11 is 0. The fraction of sp³-hybridized carbons (Fsp3) is 1.00. The number of nitrogens with one attached hydrogen (secondary N) is 1. The lowest BCUT2D eigenvalue weighted by Gasteiger charge is -2.44. The van der Waals surface area contributed by atoms with Crippen LogP contribution in [0.25, 0.3) is 0 Å². The van der Waals surface area contributed by atoms with Gasteiger partial charge in [-0.05, 0) is 43.9 Å². The lowest BCUT2D eigenvalue weighted by molar-refractivity contribution is -0.109. The van der Waals surface area contributed by atoms with Crippen molar-refractivity contribution in [1.82, 2.24) is 5.32 Å². The third-order valence-electron chi connectivity index (χ3n) is 4.77. The molecule has 0 amide bonds. The average Bonchev–Trinajstić information content (AvgIpc) is 2.43. The molecule has 0 radical (unpaired) electrons. The number of hydrogen-bond acceptors (Lipinski definition) is 2. The molecule has 2 heteroatoms. The minimum Gasteiger partial charge on any atom is -0.372 e. The van der Waals surface area contributed by atoms with Crippen LogP contribution in [0.2, 0.25) is 0 Å². The van der Waals surface area contributed by atoms with Gasteiger partial charge in [-0.3, -0.25) is 0 Å². The van der Waals surface area contributed by atoms with Crippen molar-refractivity contribution in [2.24, 2.45) is 5.41 Å². The summed E-state index contributed by atoms with van der Waals surface area (Å²) in [6, 6.07) is 0.593. The standard InChI is InChI=1S/C15H29NO/c1-4-6-13-15(17-12-11-16-13)8-5-7-14(2,3)9-10-15/h13,16H,4-12H2,1-3H3. The molecule has 2 fully saturated rings. The van der Waals surface area contributed by atoms with Crippen molar-refractivity contribution < 1.29 is 4.74 Å².